The van der Waals surface area contributed by atoms with E-state index < -0.39 is 0 Å². The molecule has 0 aromatic heterocycles. The van der Waals surface area contributed by atoms with Crippen molar-refractivity contribution in [2.24, 2.45) is 0 Å². The van der Waals surface area contributed by atoms with Crippen molar-refractivity contribution in [2.75, 3.05) is 33.9 Å². The number of nitrogens with zero attached hydrogens (tertiary/aromatic N) is 1. The van der Waals surface area contributed by atoms with Crippen LogP contribution in [-0.4, -0.2) is 44.7 Å². The van der Waals surface area contributed by atoms with Gasteiger partial charge < -0.3 is 19.7 Å². The molecule has 2 aromatic rings. The van der Waals surface area contributed by atoms with Crippen LogP contribution in [0.2, 0.25) is 0 Å². The Labute approximate surface area is 167 Å². The first-order valence-electron chi connectivity index (χ1n) is 9.97. The number of nitrogens with one attached hydrogen (secondary N) is 1. The number of fused-ring (bicyclic) bond motifs is 1. The molecule has 0 aliphatic carbocycles. The van der Waals surface area contributed by atoms with Crippen molar-refractivity contribution in [3.8, 4) is 11.5 Å². The van der Waals surface area contributed by atoms with E-state index in [1.165, 1.54) is 11.1 Å². The van der Waals surface area contributed by atoms with Gasteiger partial charge in [-0.05, 0) is 55.8 Å². The molecule has 1 atom stereocenters. The molecule has 0 spiro atoms. The van der Waals surface area contributed by atoms with Gasteiger partial charge in [0.15, 0.2) is 11.5 Å². The van der Waals surface area contributed by atoms with E-state index in [2.05, 4.69) is 41.4 Å². The molecule has 1 aliphatic heterocycles. The number of benzene rings is 2. The Hall–Kier alpha value is -2.53. The lowest BCUT2D eigenvalue weighted by atomic mass is 10.0. The van der Waals surface area contributed by atoms with Gasteiger partial charge in [0.1, 0.15) is 13.2 Å². The van der Waals surface area contributed by atoms with Gasteiger partial charge in [0.05, 0.1) is 6.04 Å². The molecule has 0 saturated heterocycles. The Bertz CT molecular complexity index is 787. The molecule has 5 heteroatoms. The van der Waals surface area contributed by atoms with Crippen LogP contribution in [0.3, 0.4) is 0 Å². The van der Waals surface area contributed by atoms with E-state index in [1.807, 2.05) is 32.3 Å². The van der Waals surface area contributed by atoms with E-state index in [4.69, 9.17) is 9.47 Å². The first kappa shape index (κ1) is 20.2. The van der Waals surface area contributed by atoms with E-state index in [9.17, 15) is 4.79 Å². The van der Waals surface area contributed by atoms with E-state index in [1.54, 1.807) is 0 Å². The number of amides is 1. The largest absolute Gasteiger partial charge is 0.486 e. The topological polar surface area (TPSA) is 50.8 Å². The van der Waals surface area contributed by atoms with Gasteiger partial charge in [0.2, 0.25) is 5.91 Å². The summed E-state index contributed by atoms with van der Waals surface area (Å²) in [5.41, 5.74) is 3.62. The van der Waals surface area contributed by atoms with Gasteiger partial charge >= 0.3 is 0 Å². The summed E-state index contributed by atoms with van der Waals surface area (Å²) in [6.45, 7) is 3.91. The van der Waals surface area contributed by atoms with E-state index in [0.29, 0.717) is 32.6 Å². The van der Waals surface area contributed by atoms with Crippen molar-refractivity contribution in [1.82, 2.24) is 10.2 Å². The van der Waals surface area contributed by atoms with Gasteiger partial charge in [-0.3, -0.25) is 4.79 Å². The molecule has 2 aromatic carbocycles. The maximum atomic E-state index is 12.4. The highest BCUT2D eigenvalue weighted by Crippen LogP contribution is 2.31. The van der Waals surface area contributed by atoms with Gasteiger partial charge in [-0.1, -0.05) is 37.3 Å². The minimum atomic E-state index is 0.0620. The first-order chi connectivity index (χ1) is 13.6. The summed E-state index contributed by atoms with van der Waals surface area (Å²) in [4.78, 5) is 14.5. The van der Waals surface area contributed by atoms with Crippen LogP contribution in [0.1, 0.15) is 36.1 Å². The Morgan fingerprint density at radius 2 is 1.71 bits per heavy atom. The lowest BCUT2D eigenvalue weighted by molar-refractivity contribution is -0.121. The van der Waals surface area contributed by atoms with Crippen LogP contribution in [0, 0.1) is 0 Å². The van der Waals surface area contributed by atoms with Crippen molar-refractivity contribution in [3.63, 3.8) is 0 Å². The normalized spacial score (nSPS) is 14.0. The van der Waals surface area contributed by atoms with Gasteiger partial charge in [0.25, 0.3) is 0 Å². The second-order valence-corrected chi connectivity index (χ2v) is 7.36. The molecule has 28 heavy (non-hydrogen) atoms. The van der Waals surface area contributed by atoms with Crippen molar-refractivity contribution < 1.29 is 14.3 Å². The zero-order valence-electron chi connectivity index (χ0n) is 17.0. The van der Waals surface area contributed by atoms with Gasteiger partial charge in [-0.2, -0.15) is 0 Å². The van der Waals surface area contributed by atoms with Crippen molar-refractivity contribution in [3.05, 3.63) is 59.2 Å². The summed E-state index contributed by atoms with van der Waals surface area (Å²) in [6, 6.07) is 14.7. The number of hydrogen-bond donors (Lipinski definition) is 1. The highest BCUT2D eigenvalue weighted by Gasteiger charge is 2.16. The number of carbonyl (C=O) groups excluding carboxylic acids is 1. The Kier molecular flexibility index (Phi) is 6.93. The molecule has 5 nitrogen and oxygen atoms in total. The van der Waals surface area contributed by atoms with Crippen LogP contribution in [0.5, 0.6) is 11.5 Å². The van der Waals surface area contributed by atoms with E-state index >= 15 is 0 Å². The van der Waals surface area contributed by atoms with Gasteiger partial charge in [-0.15, -0.1) is 0 Å². The summed E-state index contributed by atoms with van der Waals surface area (Å²) in [6.07, 6.45) is 2.17. The number of hydrogen-bond acceptors (Lipinski definition) is 4. The molecule has 1 unspecified atom stereocenters. The Morgan fingerprint density at radius 3 is 2.39 bits per heavy atom. The van der Waals surface area contributed by atoms with E-state index in [0.717, 1.165) is 23.5 Å². The SMILES string of the molecule is CCc1ccc(C(CNC(=O)CCc2ccc3c(c2)OCCO3)N(C)C)cc1. The molecule has 0 saturated carbocycles. The van der Waals surface area contributed by atoms with Crippen LogP contribution in [0.4, 0.5) is 0 Å². The summed E-state index contributed by atoms with van der Waals surface area (Å²) in [5.74, 6) is 1.61. The van der Waals surface area contributed by atoms with E-state index in [-0.39, 0.29) is 11.9 Å². The molecule has 0 bridgehead atoms. The Balaban J connectivity index is 1.52. The first-order valence-corrected chi connectivity index (χ1v) is 9.97. The number of rotatable bonds is 8. The highest BCUT2D eigenvalue weighted by atomic mass is 16.6. The minimum Gasteiger partial charge on any atom is -0.486 e. The predicted octanol–water partition coefficient (Wildman–Crippen LogP) is 3.37. The molecule has 0 fully saturated rings. The van der Waals surface area contributed by atoms with Crippen molar-refractivity contribution in [2.45, 2.75) is 32.2 Å². The number of aryl methyl sites for hydroxylation is 2. The average Bonchev–Trinajstić information content (AvgIpc) is 2.72. The maximum Gasteiger partial charge on any atom is 0.220 e. The molecule has 150 valence electrons. The molecular formula is C23H30N2O3. The monoisotopic (exact) mass is 382 g/mol. The third-order valence-corrected chi connectivity index (χ3v) is 5.14. The van der Waals surface area contributed by atoms with Gasteiger partial charge in [-0.25, -0.2) is 0 Å². The highest BCUT2D eigenvalue weighted by molar-refractivity contribution is 5.76. The molecule has 3 rings (SSSR count). The summed E-state index contributed by atoms with van der Waals surface area (Å²) < 4.78 is 11.1. The lowest BCUT2D eigenvalue weighted by Gasteiger charge is -2.25. The zero-order chi connectivity index (χ0) is 19.9. The zero-order valence-corrected chi connectivity index (χ0v) is 17.0. The molecule has 1 N–H and O–H groups in total. The third-order valence-electron chi connectivity index (χ3n) is 5.14. The van der Waals surface area contributed by atoms with Crippen molar-refractivity contribution >= 4 is 5.91 Å². The maximum absolute atomic E-state index is 12.4. The number of carbonyl (C=O) groups is 1. The molecule has 0 radical (unpaired) electrons. The fourth-order valence-corrected chi connectivity index (χ4v) is 3.37. The van der Waals surface area contributed by atoms with Crippen molar-refractivity contribution in [1.29, 1.82) is 0 Å². The standard InChI is InChI=1S/C23H30N2O3/c1-4-17-5-9-19(10-6-17)20(25(2)3)16-24-23(26)12-8-18-7-11-21-22(15-18)28-14-13-27-21/h5-7,9-11,15,20H,4,8,12-14,16H2,1-3H3,(H,24,26). The molecule has 1 aliphatic rings. The third kappa shape index (κ3) is 5.26. The summed E-state index contributed by atoms with van der Waals surface area (Å²) in [5, 5.41) is 3.09. The van der Waals surface area contributed by atoms with Crippen LogP contribution in [-0.2, 0) is 17.6 Å². The van der Waals surface area contributed by atoms with Crippen LogP contribution < -0.4 is 14.8 Å². The summed E-state index contributed by atoms with van der Waals surface area (Å²) in [7, 11) is 4.08. The smallest absolute Gasteiger partial charge is 0.220 e. The molecule has 1 heterocycles. The summed E-state index contributed by atoms with van der Waals surface area (Å²) >= 11 is 0. The molecule has 1 amide bonds. The predicted molar refractivity (Wildman–Crippen MR) is 111 cm³/mol. The van der Waals surface area contributed by atoms with Crippen LogP contribution in [0.15, 0.2) is 42.5 Å². The number of likely N-dealkylation sites (N-methyl/N-ethyl adjacent to an activating group) is 1. The molecular weight excluding hydrogens is 352 g/mol. The minimum absolute atomic E-state index is 0.0620. The second kappa shape index (κ2) is 9.60. The average molecular weight is 383 g/mol. The fourth-order valence-electron chi connectivity index (χ4n) is 3.37. The van der Waals surface area contributed by atoms with Gasteiger partial charge in [0, 0.05) is 13.0 Å². The Morgan fingerprint density at radius 1 is 1.04 bits per heavy atom. The van der Waals surface area contributed by atoms with Crippen LogP contribution in [0.25, 0.3) is 0 Å². The lowest BCUT2D eigenvalue weighted by Crippen LogP contribution is -2.34. The quantitative estimate of drug-likeness (QED) is 0.761. The second-order valence-electron chi connectivity index (χ2n) is 7.36. The fraction of sp³-hybridized carbons (Fsp3) is 0.435. The van der Waals surface area contributed by atoms with Crippen LogP contribution >= 0.6 is 0 Å². The number of ether oxygens (including phenoxy) is 2.